The van der Waals surface area contributed by atoms with Gasteiger partial charge in [-0.25, -0.2) is 0 Å². The molecule has 2 amide bonds. The number of benzene rings is 1. The molecule has 2 rings (SSSR count). The fourth-order valence-electron chi connectivity index (χ4n) is 2.03. The highest BCUT2D eigenvalue weighted by Crippen LogP contribution is 2.16. The summed E-state index contributed by atoms with van der Waals surface area (Å²) < 4.78 is 1.72. The van der Waals surface area contributed by atoms with E-state index < -0.39 is 11.8 Å². The molecule has 0 aliphatic carbocycles. The molecule has 0 spiro atoms. The molecule has 110 valence electrons. The average Bonchev–Trinajstić information content (AvgIpc) is 2.74. The van der Waals surface area contributed by atoms with Crippen LogP contribution in [0, 0.1) is 6.92 Å². The van der Waals surface area contributed by atoms with Crippen LogP contribution in [-0.2, 0) is 13.6 Å². The predicted octanol–water partition coefficient (Wildman–Crippen LogP) is 0.538. The molecule has 7 nitrogen and oxygen atoms in total. The van der Waals surface area contributed by atoms with Crippen molar-refractivity contribution >= 4 is 17.5 Å². The second-order valence-corrected chi connectivity index (χ2v) is 4.79. The zero-order valence-electron chi connectivity index (χ0n) is 11.9. The standard InChI is InChI=1S/C14H17N5O2/c1-8-11(7-19(2)18-8)6-17-12-4-9(13(15)20)3-10(5-12)14(16)21/h3-5,7,17H,6H2,1-2H3,(H2,15,20)(H2,16,21). The van der Waals surface area contributed by atoms with Crippen molar-refractivity contribution in [3.05, 3.63) is 46.8 Å². The Morgan fingerprint density at radius 1 is 1.19 bits per heavy atom. The van der Waals surface area contributed by atoms with Crippen LogP contribution in [0.25, 0.3) is 0 Å². The summed E-state index contributed by atoms with van der Waals surface area (Å²) in [6, 6.07) is 4.55. The van der Waals surface area contributed by atoms with E-state index >= 15 is 0 Å². The van der Waals surface area contributed by atoms with Crippen LogP contribution >= 0.6 is 0 Å². The first-order valence-electron chi connectivity index (χ1n) is 6.34. The van der Waals surface area contributed by atoms with Gasteiger partial charge in [-0.05, 0) is 25.1 Å². The summed E-state index contributed by atoms with van der Waals surface area (Å²) in [4.78, 5) is 22.6. The van der Waals surface area contributed by atoms with E-state index in [1.807, 2.05) is 20.2 Å². The maximum atomic E-state index is 11.3. The zero-order valence-corrected chi connectivity index (χ0v) is 11.9. The fraction of sp³-hybridized carbons (Fsp3) is 0.214. The summed E-state index contributed by atoms with van der Waals surface area (Å²) in [5.74, 6) is -1.22. The number of aryl methyl sites for hydroxylation is 2. The normalized spacial score (nSPS) is 10.4. The van der Waals surface area contributed by atoms with E-state index in [0.717, 1.165) is 11.3 Å². The third-order valence-electron chi connectivity index (χ3n) is 3.10. The number of anilines is 1. The molecule has 0 saturated carbocycles. The van der Waals surface area contributed by atoms with Crippen LogP contribution in [0.3, 0.4) is 0 Å². The first-order valence-corrected chi connectivity index (χ1v) is 6.34. The Morgan fingerprint density at radius 3 is 2.19 bits per heavy atom. The molecule has 1 aromatic carbocycles. The van der Waals surface area contributed by atoms with Crippen LogP contribution in [0.1, 0.15) is 32.0 Å². The summed E-state index contributed by atoms with van der Waals surface area (Å²) in [5.41, 5.74) is 13.5. The third kappa shape index (κ3) is 3.38. The number of amides is 2. The molecule has 1 aromatic heterocycles. The van der Waals surface area contributed by atoms with Crippen molar-refractivity contribution in [3.63, 3.8) is 0 Å². The quantitative estimate of drug-likeness (QED) is 0.744. The Balaban J connectivity index is 2.24. The maximum absolute atomic E-state index is 11.3. The Morgan fingerprint density at radius 2 is 1.76 bits per heavy atom. The molecular weight excluding hydrogens is 270 g/mol. The largest absolute Gasteiger partial charge is 0.381 e. The molecule has 0 saturated heterocycles. The van der Waals surface area contributed by atoms with Crippen LogP contribution in [0.5, 0.6) is 0 Å². The topological polar surface area (TPSA) is 116 Å². The first-order chi connectivity index (χ1) is 9.86. The van der Waals surface area contributed by atoms with Crippen LogP contribution in [0.15, 0.2) is 24.4 Å². The number of primary amides is 2. The van der Waals surface area contributed by atoms with Gasteiger partial charge >= 0.3 is 0 Å². The van der Waals surface area contributed by atoms with Gasteiger partial charge in [0.05, 0.1) is 5.69 Å². The van der Waals surface area contributed by atoms with Gasteiger partial charge in [0.2, 0.25) is 11.8 Å². The minimum absolute atomic E-state index is 0.233. The summed E-state index contributed by atoms with van der Waals surface area (Å²) in [6.07, 6.45) is 1.90. The van der Waals surface area contributed by atoms with Gasteiger partial charge in [-0.1, -0.05) is 0 Å². The second kappa shape index (κ2) is 5.66. The van der Waals surface area contributed by atoms with E-state index in [1.165, 1.54) is 6.07 Å². The highest BCUT2D eigenvalue weighted by Gasteiger charge is 2.10. The van der Waals surface area contributed by atoms with E-state index in [0.29, 0.717) is 12.2 Å². The maximum Gasteiger partial charge on any atom is 0.248 e. The number of hydrogen-bond acceptors (Lipinski definition) is 4. The van der Waals surface area contributed by atoms with Gasteiger partial charge in [-0.3, -0.25) is 14.3 Å². The SMILES string of the molecule is Cc1nn(C)cc1CNc1cc(C(N)=O)cc(C(N)=O)c1. The third-order valence-corrected chi connectivity index (χ3v) is 3.10. The van der Waals surface area contributed by atoms with Crippen molar-refractivity contribution in [2.75, 3.05) is 5.32 Å². The van der Waals surface area contributed by atoms with Crippen molar-refractivity contribution in [2.45, 2.75) is 13.5 Å². The molecule has 0 aliphatic heterocycles. The lowest BCUT2D eigenvalue weighted by molar-refractivity contribution is 0.0999. The molecule has 7 heteroatoms. The molecule has 0 atom stereocenters. The predicted molar refractivity (Wildman–Crippen MR) is 78.7 cm³/mol. The highest BCUT2D eigenvalue weighted by molar-refractivity contribution is 5.99. The Labute approximate surface area is 121 Å². The molecule has 0 aliphatic rings. The Hall–Kier alpha value is -2.83. The minimum Gasteiger partial charge on any atom is -0.381 e. The number of nitrogens with zero attached hydrogens (tertiary/aromatic N) is 2. The van der Waals surface area contributed by atoms with Crippen molar-refractivity contribution in [1.29, 1.82) is 0 Å². The zero-order chi connectivity index (χ0) is 15.6. The van der Waals surface area contributed by atoms with Gasteiger partial charge in [-0.2, -0.15) is 5.10 Å². The monoisotopic (exact) mass is 287 g/mol. The van der Waals surface area contributed by atoms with Gasteiger partial charge in [-0.15, -0.1) is 0 Å². The molecule has 2 aromatic rings. The molecular formula is C14H17N5O2. The molecule has 5 N–H and O–H groups in total. The van der Waals surface area contributed by atoms with Gasteiger partial charge in [0.25, 0.3) is 0 Å². The highest BCUT2D eigenvalue weighted by atomic mass is 16.1. The van der Waals surface area contributed by atoms with E-state index in [1.54, 1.807) is 16.8 Å². The number of carbonyl (C=O) groups excluding carboxylic acids is 2. The molecule has 0 fully saturated rings. The lowest BCUT2D eigenvalue weighted by Crippen LogP contribution is -2.16. The van der Waals surface area contributed by atoms with Gasteiger partial charge < -0.3 is 16.8 Å². The van der Waals surface area contributed by atoms with Crippen LogP contribution < -0.4 is 16.8 Å². The number of rotatable bonds is 5. The molecule has 0 radical (unpaired) electrons. The van der Waals surface area contributed by atoms with Crippen LogP contribution in [-0.4, -0.2) is 21.6 Å². The van der Waals surface area contributed by atoms with Crippen molar-refractivity contribution in [3.8, 4) is 0 Å². The number of nitrogens with one attached hydrogen (secondary N) is 1. The van der Waals surface area contributed by atoms with Crippen molar-refractivity contribution in [2.24, 2.45) is 18.5 Å². The Bertz CT molecular complexity index is 673. The van der Waals surface area contributed by atoms with E-state index in [9.17, 15) is 9.59 Å². The smallest absolute Gasteiger partial charge is 0.248 e. The van der Waals surface area contributed by atoms with E-state index in [2.05, 4.69) is 10.4 Å². The van der Waals surface area contributed by atoms with Crippen LogP contribution in [0.4, 0.5) is 5.69 Å². The summed E-state index contributed by atoms with van der Waals surface area (Å²) >= 11 is 0. The summed E-state index contributed by atoms with van der Waals surface area (Å²) in [6.45, 7) is 2.42. The minimum atomic E-state index is -0.612. The molecule has 0 unspecified atom stereocenters. The second-order valence-electron chi connectivity index (χ2n) is 4.79. The summed E-state index contributed by atoms with van der Waals surface area (Å²) in [7, 11) is 1.84. The summed E-state index contributed by atoms with van der Waals surface area (Å²) in [5, 5.41) is 7.38. The lowest BCUT2D eigenvalue weighted by atomic mass is 10.1. The van der Waals surface area contributed by atoms with Gasteiger partial charge in [0.15, 0.2) is 0 Å². The van der Waals surface area contributed by atoms with Crippen molar-refractivity contribution in [1.82, 2.24) is 9.78 Å². The van der Waals surface area contributed by atoms with Gasteiger partial charge in [0, 0.05) is 42.2 Å². The first kappa shape index (κ1) is 14.6. The van der Waals surface area contributed by atoms with Gasteiger partial charge in [0.1, 0.15) is 0 Å². The molecule has 21 heavy (non-hydrogen) atoms. The molecule has 1 heterocycles. The van der Waals surface area contributed by atoms with Crippen LogP contribution in [0.2, 0.25) is 0 Å². The Kier molecular flexibility index (Phi) is 3.93. The molecule has 0 bridgehead atoms. The number of hydrogen-bond donors (Lipinski definition) is 3. The van der Waals surface area contributed by atoms with E-state index in [-0.39, 0.29) is 11.1 Å². The average molecular weight is 287 g/mol. The lowest BCUT2D eigenvalue weighted by Gasteiger charge is -2.09. The number of aromatic nitrogens is 2. The van der Waals surface area contributed by atoms with E-state index in [4.69, 9.17) is 11.5 Å². The fourth-order valence-corrected chi connectivity index (χ4v) is 2.03. The number of carbonyl (C=O) groups is 2. The van der Waals surface area contributed by atoms with Crippen molar-refractivity contribution < 1.29 is 9.59 Å². The number of nitrogens with two attached hydrogens (primary N) is 2.